The van der Waals surface area contributed by atoms with Gasteiger partial charge < -0.3 is 14.6 Å². The van der Waals surface area contributed by atoms with E-state index in [1.807, 2.05) is 20.2 Å². The maximum Gasteiger partial charge on any atom is 0.328 e. The summed E-state index contributed by atoms with van der Waals surface area (Å²) in [5, 5.41) is 13.2. The molecule has 7 nitrogen and oxygen atoms in total. The molecule has 0 atom stereocenters. The summed E-state index contributed by atoms with van der Waals surface area (Å²) >= 11 is 0. The molecular weight excluding hydrogens is 270 g/mol. The van der Waals surface area contributed by atoms with Gasteiger partial charge in [0.1, 0.15) is 11.6 Å². The Morgan fingerprint density at radius 1 is 1.43 bits per heavy atom. The fourth-order valence-corrected chi connectivity index (χ4v) is 2.74. The molecule has 0 saturated heterocycles. The molecule has 0 aromatic carbocycles. The number of carbonyl (C=O) groups is 1. The van der Waals surface area contributed by atoms with Gasteiger partial charge in [-0.25, -0.2) is 9.78 Å². The largest absolute Gasteiger partial charge is 0.478 e. The van der Waals surface area contributed by atoms with Crippen LogP contribution in [0.4, 0.5) is 5.82 Å². The third-order valence-electron chi connectivity index (χ3n) is 3.67. The first kappa shape index (κ1) is 13.4. The van der Waals surface area contributed by atoms with Crippen molar-refractivity contribution in [1.29, 1.82) is 0 Å². The molecule has 21 heavy (non-hydrogen) atoms. The van der Waals surface area contributed by atoms with Crippen LogP contribution in [0.2, 0.25) is 0 Å². The molecule has 1 N–H and O–H groups in total. The highest BCUT2D eigenvalue weighted by molar-refractivity contribution is 5.87. The van der Waals surface area contributed by atoms with Crippen LogP contribution in [-0.4, -0.2) is 37.0 Å². The summed E-state index contributed by atoms with van der Waals surface area (Å²) in [6.07, 6.45) is 6.55. The Hall–Kier alpha value is -2.57. The van der Waals surface area contributed by atoms with E-state index < -0.39 is 5.97 Å². The van der Waals surface area contributed by atoms with Gasteiger partial charge in [0.15, 0.2) is 0 Å². The highest BCUT2D eigenvalue weighted by Crippen LogP contribution is 2.27. The maximum atomic E-state index is 10.8. The second kappa shape index (κ2) is 5.08. The quantitative estimate of drug-likeness (QED) is 0.854. The van der Waals surface area contributed by atoms with Gasteiger partial charge in [-0.1, -0.05) is 0 Å². The van der Waals surface area contributed by atoms with E-state index >= 15 is 0 Å². The number of carboxylic acid groups (broad SMARTS) is 1. The monoisotopic (exact) mass is 287 g/mol. The molecule has 0 saturated carbocycles. The molecule has 3 heterocycles. The van der Waals surface area contributed by atoms with Crippen LogP contribution < -0.4 is 4.90 Å². The summed E-state index contributed by atoms with van der Waals surface area (Å²) in [6, 6.07) is 0. The fourth-order valence-electron chi connectivity index (χ4n) is 2.74. The van der Waals surface area contributed by atoms with Crippen molar-refractivity contribution in [2.45, 2.75) is 20.0 Å². The number of aromatic nitrogens is 4. The number of fused-ring (bicyclic) bond motifs is 1. The van der Waals surface area contributed by atoms with Gasteiger partial charge in [-0.15, -0.1) is 0 Å². The molecule has 110 valence electrons. The molecule has 3 rings (SSSR count). The third-order valence-corrected chi connectivity index (χ3v) is 3.67. The first-order valence-electron chi connectivity index (χ1n) is 6.76. The predicted molar refractivity (Wildman–Crippen MR) is 77.9 cm³/mol. The molecule has 1 aliphatic heterocycles. The average molecular weight is 287 g/mol. The van der Waals surface area contributed by atoms with Crippen LogP contribution >= 0.6 is 0 Å². The van der Waals surface area contributed by atoms with E-state index in [-0.39, 0.29) is 0 Å². The van der Waals surface area contributed by atoms with Gasteiger partial charge in [-0.2, -0.15) is 5.10 Å². The zero-order chi connectivity index (χ0) is 15.0. The van der Waals surface area contributed by atoms with Crippen LogP contribution in [0.15, 0.2) is 18.5 Å². The molecule has 0 fully saturated rings. The molecule has 0 unspecified atom stereocenters. The Morgan fingerprint density at radius 3 is 3.00 bits per heavy atom. The van der Waals surface area contributed by atoms with Crippen molar-refractivity contribution in [2.24, 2.45) is 7.05 Å². The lowest BCUT2D eigenvalue weighted by atomic mass is 10.2. The highest BCUT2D eigenvalue weighted by Gasteiger charge is 2.23. The molecule has 2 aromatic heterocycles. The Kier molecular flexibility index (Phi) is 3.25. The molecule has 0 spiro atoms. The van der Waals surface area contributed by atoms with Gasteiger partial charge in [-0.3, -0.25) is 4.68 Å². The average Bonchev–Trinajstić information content (AvgIpc) is 2.99. The summed E-state index contributed by atoms with van der Waals surface area (Å²) in [5.74, 6) is 0.978. The number of rotatable bonds is 3. The van der Waals surface area contributed by atoms with Crippen molar-refractivity contribution in [3.63, 3.8) is 0 Å². The topological polar surface area (TPSA) is 76.2 Å². The minimum Gasteiger partial charge on any atom is -0.478 e. The normalized spacial score (nSPS) is 14.7. The SMILES string of the molecule is Cc1nn(C)c(N2CCn3ccnc3C2)c1C=CC(=O)O. The van der Waals surface area contributed by atoms with E-state index in [4.69, 9.17) is 5.11 Å². The lowest BCUT2D eigenvalue weighted by Crippen LogP contribution is -2.35. The number of aryl methyl sites for hydroxylation is 2. The molecule has 7 heteroatoms. The first-order chi connectivity index (χ1) is 10.1. The second-order valence-corrected chi connectivity index (χ2v) is 5.08. The molecular formula is C14H17N5O2. The van der Waals surface area contributed by atoms with E-state index in [0.29, 0.717) is 6.54 Å². The molecule has 0 radical (unpaired) electrons. The van der Waals surface area contributed by atoms with Crippen LogP contribution in [0, 0.1) is 6.92 Å². The highest BCUT2D eigenvalue weighted by atomic mass is 16.4. The lowest BCUT2D eigenvalue weighted by molar-refractivity contribution is -0.131. The van der Waals surface area contributed by atoms with Crippen molar-refractivity contribution in [2.75, 3.05) is 11.4 Å². The fraction of sp³-hybridized carbons (Fsp3) is 0.357. The van der Waals surface area contributed by atoms with E-state index in [1.54, 1.807) is 17.0 Å². The van der Waals surface area contributed by atoms with Crippen molar-refractivity contribution >= 4 is 17.9 Å². The Morgan fingerprint density at radius 2 is 2.24 bits per heavy atom. The van der Waals surface area contributed by atoms with Crippen molar-refractivity contribution in [3.05, 3.63) is 35.6 Å². The summed E-state index contributed by atoms with van der Waals surface area (Å²) < 4.78 is 3.93. The number of nitrogens with zero attached hydrogens (tertiary/aromatic N) is 5. The molecule has 2 aromatic rings. The Balaban J connectivity index is 1.97. The standard InChI is InChI=1S/C14H17N5O2/c1-10-11(3-4-13(20)21)14(17(2)16-10)19-8-7-18-6-5-15-12(18)9-19/h3-6H,7-9H2,1-2H3,(H,20,21). The summed E-state index contributed by atoms with van der Waals surface area (Å²) in [4.78, 5) is 17.3. The number of imidazole rings is 1. The van der Waals surface area contributed by atoms with Gasteiger partial charge in [0.2, 0.25) is 0 Å². The van der Waals surface area contributed by atoms with Crippen molar-refractivity contribution in [3.8, 4) is 0 Å². The number of carboxylic acids is 1. The maximum absolute atomic E-state index is 10.8. The van der Waals surface area contributed by atoms with E-state index in [1.165, 1.54) is 0 Å². The Bertz CT molecular complexity index is 713. The first-order valence-corrected chi connectivity index (χ1v) is 6.76. The van der Waals surface area contributed by atoms with Gasteiger partial charge in [0.25, 0.3) is 0 Å². The van der Waals surface area contributed by atoms with Crippen LogP contribution in [-0.2, 0) is 24.9 Å². The van der Waals surface area contributed by atoms with Crippen LogP contribution in [0.1, 0.15) is 17.1 Å². The van der Waals surface area contributed by atoms with Gasteiger partial charge in [0, 0.05) is 44.2 Å². The molecule has 0 bridgehead atoms. The molecule has 0 amide bonds. The number of aliphatic carboxylic acids is 1. The van der Waals surface area contributed by atoms with Crippen molar-refractivity contribution < 1.29 is 9.90 Å². The van der Waals surface area contributed by atoms with Crippen LogP contribution in [0.3, 0.4) is 0 Å². The third kappa shape index (κ3) is 2.42. The zero-order valence-electron chi connectivity index (χ0n) is 12.0. The van der Waals surface area contributed by atoms with E-state index in [9.17, 15) is 4.79 Å². The van der Waals surface area contributed by atoms with E-state index in [2.05, 4.69) is 19.5 Å². The predicted octanol–water partition coefficient (Wildman–Crippen LogP) is 1.04. The van der Waals surface area contributed by atoms with Gasteiger partial charge >= 0.3 is 5.97 Å². The van der Waals surface area contributed by atoms with Gasteiger partial charge in [-0.05, 0) is 13.0 Å². The summed E-state index contributed by atoms with van der Waals surface area (Å²) in [7, 11) is 1.88. The van der Waals surface area contributed by atoms with Crippen LogP contribution in [0.5, 0.6) is 0 Å². The van der Waals surface area contributed by atoms with Crippen molar-refractivity contribution in [1.82, 2.24) is 19.3 Å². The number of hydrogen-bond donors (Lipinski definition) is 1. The minimum atomic E-state index is -0.960. The lowest BCUT2D eigenvalue weighted by Gasteiger charge is -2.29. The molecule has 1 aliphatic rings. The zero-order valence-corrected chi connectivity index (χ0v) is 12.0. The Labute approximate surface area is 122 Å². The smallest absolute Gasteiger partial charge is 0.328 e. The summed E-state index contributed by atoms with van der Waals surface area (Å²) in [6.45, 7) is 4.29. The minimum absolute atomic E-state index is 0.694. The second-order valence-electron chi connectivity index (χ2n) is 5.08. The van der Waals surface area contributed by atoms with E-state index in [0.717, 1.165) is 42.1 Å². The molecule has 0 aliphatic carbocycles. The van der Waals surface area contributed by atoms with Gasteiger partial charge in [0.05, 0.1) is 12.2 Å². The number of anilines is 1. The number of hydrogen-bond acceptors (Lipinski definition) is 4. The van der Waals surface area contributed by atoms with Crippen LogP contribution in [0.25, 0.3) is 6.08 Å². The summed E-state index contributed by atoms with van der Waals surface area (Å²) in [5.41, 5.74) is 1.67.